The maximum atomic E-state index is 6.05. The van der Waals surface area contributed by atoms with Gasteiger partial charge in [-0.2, -0.15) is 0 Å². The highest BCUT2D eigenvalue weighted by Crippen LogP contribution is 2.31. The first-order chi connectivity index (χ1) is 12.1. The first-order valence-electron chi connectivity index (χ1n) is 8.54. The second-order valence-electron chi connectivity index (χ2n) is 6.48. The number of piperazine rings is 1. The van der Waals surface area contributed by atoms with Crippen molar-refractivity contribution in [3.8, 4) is 11.5 Å². The summed E-state index contributed by atoms with van der Waals surface area (Å²) in [5.41, 5.74) is 2.44. The lowest BCUT2D eigenvalue weighted by molar-refractivity contribution is 0.126. The molecule has 0 unspecified atom stereocenters. The second-order valence-corrected chi connectivity index (χ2v) is 6.92. The van der Waals surface area contributed by atoms with E-state index in [2.05, 4.69) is 35.3 Å². The van der Waals surface area contributed by atoms with E-state index in [9.17, 15) is 0 Å². The predicted octanol–water partition coefficient (Wildman–Crippen LogP) is 3.89. The zero-order valence-corrected chi connectivity index (χ0v) is 15.7. The molecule has 0 aromatic heterocycles. The van der Waals surface area contributed by atoms with Crippen molar-refractivity contribution in [2.45, 2.75) is 25.6 Å². The smallest absolute Gasteiger partial charge is 0.127 e. The Labute approximate surface area is 154 Å². The number of nitrogens with one attached hydrogen (secondary N) is 1. The Bertz CT molecular complexity index is 705. The van der Waals surface area contributed by atoms with Crippen molar-refractivity contribution < 1.29 is 9.47 Å². The fourth-order valence-corrected chi connectivity index (χ4v) is 3.50. The minimum absolute atomic E-state index is 0.306. The van der Waals surface area contributed by atoms with Gasteiger partial charge < -0.3 is 14.8 Å². The van der Waals surface area contributed by atoms with Crippen LogP contribution in [0.15, 0.2) is 42.5 Å². The number of nitrogens with zero attached hydrogens (tertiary/aromatic N) is 1. The van der Waals surface area contributed by atoms with Crippen LogP contribution in [0.1, 0.15) is 24.1 Å². The molecule has 3 rings (SSSR count). The Kier molecular flexibility index (Phi) is 5.84. The summed E-state index contributed by atoms with van der Waals surface area (Å²) in [5, 5.41) is 4.35. The van der Waals surface area contributed by atoms with Crippen molar-refractivity contribution in [2.75, 3.05) is 27.3 Å². The van der Waals surface area contributed by atoms with E-state index in [1.807, 2.05) is 24.3 Å². The van der Waals surface area contributed by atoms with Crippen LogP contribution in [0, 0.1) is 0 Å². The molecule has 1 fully saturated rings. The lowest BCUT2D eigenvalue weighted by Gasteiger charge is -2.40. The number of hydrogen-bond acceptors (Lipinski definition) is 4. The summed E-state index contributed by atoms with van der Waals surface area (Å²) in [6.07, 6.45) is 0. The van der Waals surface area contributed by atoms with Crippen molar-refractivity contribution in [2.24, 2.45) is 0 Å². The average Bonchev–Trinajstić information content (AvgIpc) is 2.63. The van der Waals surface area contributed by atoms with Crippen molar-refractivity contribution in [1.82, 2.24) is 10.2 Å². The molecule has 0 amide bonds. The van der Waals surface area contributed by atoms with Crippen LogP contribution >= 0.6 is 11.6 Å². The molecule has 1 aliphatic heterocycles. The first kappa shape index (κ1) is 18.1. The van der Waals surface area contributed by atoms with Gasteiger partial charge in [-0.25, -0.2) is 0 Å². The lowest BCUT2D eigenvalue weighted by Crippen LogP contribution is -2.50. The fraction of sp³-hybridized carbons (Fsp3) is 0.400. The third kappa shape index (κ3) is 4.27. The van der Waals surface area contributed by atoms with E-state index < -0.39 is 0 Å². The number of hydrogen-bond donors (Lipinski definition) is 1. The van der Waals surface area contributed by atoms with Crippen LogP contribution in [0.25, 0.3) is 0 Å². The summed E-state index contributed by atoms with van der Waals surface area (Å²) in [4.78, 5) is 2.49. The molecule has 2 aromatic rings. The van der Waals surface area contributed by atoms with Crippen molar-refractivity contribution in [3.05, 3.63) is 58.6 Å². The molecule has 4 nitrogen and oxygen atoms in total. The van der Waals surface area contributed by atoms with Crippen LogP contribution in [0.3, 0.4) is 0 Å². The molecular weight excluding hydrogens is 336 g/mol. The standard InChI is InChI=1S/C20H25ClN2O2/c1-14-12-23(13-16-6-9-18(24-2)10-20(16)25-3)19(11-22-14)15-4-7-17(21)8-5-15/h4-10,14,19,22H,11-13H2,1-3H3/t14-,19-/m1/s1. The van der Waals surface area contributed by atoms with Gasteiger partial charge in [0, 0.05) is 48.4 Å². The maximum Gasteiger partial charge on any atom is 0.127 e. The molecule has 0 aliphatic carbocycles. The zero-order chi connectivity index (χ0) is 17.8. The van der Waals surface area contributed by atoms with Gasteiger partial charge in [0.05, 0.1) is 14.2 Å². The first-order valence-corrected chi connectivity index (χ1v) is 8.92. The third-order valence-electron chi connectivity index (χ3n) is 4.73. The minimum atomic E-state index is 0.306. The minimum Gasteiger partial charge on any atom is -0.497 e. The Morgan fingerprint density at radius 1 is 1.12 bits per heavy atom. The highest BCUT2D eigenvalue weighted by Gasteiger charge is 2.27. The topological polar surface area (TPSA) is 33.7 Å². The summed E-state index contributed by atoms with van der Waals surface area (Å²) in [6, 6.07) is 14.9. The molecule has 0 radical (unpaired) electrons. The van der Waals surface area contributed by atoms with Crippen LogP contribution in [0.2, 0.25) is 5.02 Å². The van der Waals surface area contributed by atoms with Crippen LogP contribution in [0.5, 0.6) is 11.5 Å². The predicted molar refractivity (Wildman–Crippen MR) is 102 cm³/mol. The van der Waals surface area contributed by atoms with Gasteiger partial charge in [0.25, 0.3) is 0 Å². The molecule has 0 saturated carbocycles. The van der Waals surface area contributed by atoms with Crippen LogP contribution in [-0.2, 0) is 6.54 Å². The van der Waals surface area contributed by atoms with E-state index in [0.29, 0.717) is 12.1 Å². The summed E-state index contributed by atoms with van der Waals surface area (Å²) < 4.78 is 10.9. The van der Waals surface area contributed by atoms with E-state index in [0.717, 1.165) is 41.7 Å². The Hall–Kier alpha value is -1.75. The molecule has 0 spiro atoms. The SMILES string of the molecule is COc1ccc(CN2C[C@@H](C)NC[C@@H]2c2ccc(Cl)cc2)c(OC)c1. The zero-order valence-electron chi connectivity index (χ0n) is 15.0. The average molecular weight is 361 g/mol. The van der Waals surface area contributed by atoms with Gasteiger partial charge in [0.2, 0.25) is 0 Å². The van der Waals surface area contributed by atoms with E-state index >= 15 is 0 Å². The molecule has 0 bridgehead atoms. The quantitative estimate of drug-likeness (QED) is 0.877. The van der Waals surface area contributed by atoms with Crippen molar-refractivity contribution in [3.63, 3.8) is 0 Å². The van der Waals surface area contributed by atoms with E-state index in [1.165, 1.54) is 5.56 Å². The van der Waals surface area contributed by atoms with Crippen LogP contribution in [-0.4, -0.2) is 38.3 Å². The van der Waals surface area contributed by atoms with Crippen LogP contribution in [0.4, 0.5) is 0 Å². The number of ether oxygens (including phenoxy) is 2. The fourth-order valence-electron chi connectivity index (χ4n) is 3.38. The Morgan fingerprint density at radius 3 is 2.56 bits per heavy atom. The number of benzene rings is 2. The van der Waals surface area contributed by atoms with Crippen molar-refractivity contribution in [1.29, 1.82) is 0 Å². The molecule has 2 aromatic carbocycles. The summed E-state index contributed by atoms with van der Waals surface area (Å²) in [7, 11) is 3.37. The van der Waals surface area contributed by atoms with Gasteiger partial charge in [0.1, 0.15) is 11.5 Å². The van der Waals surface area contributed by atoms with Gasteiger partial charge in [-0.05, 0) is 30.7 Å². The summed E-state index contributed by atoms with van der Waals surface area (Å²) in [6.45, 7) is 4.94. The normalized spacial score (nSPS) is 21.1. The Balaban J connectivity index is 1.85. The van der Waals surface area contributed by atoms with Crippen molar-refractivity contribution >= 4 is 11.6 Å². The summed E-state index contributed by atoms with van der Waals surface area (Å²) in [5.74, 6) is 1.67. The molecule has 25 heavy (non-hydrogen) atoms. The van der Waals surface area contributed by atoms with Crippen LogP contribution < -0.4 is 14.8 Å². The monoisotopic (exact) mass is 360 g/mol. The number of halogens is 1. The number of rotatable bonds is 5. The molecule has 2 atom stereocenters. The van der Waals surface area contributed by atoms with E-state index in [4.69, 9.17) is 21.1 Å². The van der Waals surface area contributed by atoms with Gasteiger partial charge in [0.15, 0.2) is 0 Å². The molecule has 134 valence electrons. The highest BCUT2D eigenvalue weighted by atomic mass is 35.5. The van der Waals surface area contributed by atoms with E-state index in [-0.39, 0.29) is 0 Å². The Morgan fingerprint density at radius 2 is 1.88 bits per heavy atom. The summed E-state index contributed by atoms with van der Waals surface area (Å²) >= 11 is 6.05. The molecule has 1 saturated heterocycles. The molecule has 1 aliphatic rings. The molecule has 5 heteroatoms. The maximum absolute atomic E-state index is 6.05. The molecular formula is C20H25ClN2O2. The van der Waals surface area contributed by atoms with Gasteiger partial charge in [-0.1, -0.05) is 29.8 Å². The largest absolute Gasteiger partial charge is 0.497 e. The second kappa shape index (κ2) is 8.09. The molecule has 1 N–H and O–H groups in total. The lowest BCUT2D eigenvalue weighted by atomic mass is 10.00. The number of methoxy groups -OCH3 is 2. The van der Waals surface area contributed by atoms with Gasteiger partial charge in [-0.3, -0.25) is 4.90 Å². The highest BCUT2D eigenvalue weighted by molar-refractivity contribution is 6.30. The van der Waals surface area contributed by atoms with Gasteiger partial charge >= 0.3 is 0 Å². The third-order valence-corrected chi connectivity index (χ3v) is 4.98. The van der Waals surface area contributed by atoms with Gasteiger partial charge in [-0.15, -0.1) is 0 Å². The molecule has 1 heterocycles. The van der Waals surface area contributed by atoms with E-state index in [1.54, 1.807) is 14.2 Å².